The molecule has 1 aliphatic heterocycles. The Morgan fingerprint density at radius 1 is 0.923 bits per heavy atom. The molecule has 2 saturated carbocycles. The zero-order valence-corrected chi connectivity index (χ0v) is 18.7. The van der Waals surface area contributed by atoms with Gasteiger partial charge in [-0.15, -0.1) is 0 Å². The fraction of sp³-hybridized carbons (Fsp3) is 1.00. The van der Waals surface area contributed by atoms with E-state index in [1.807, 2.05) is 0 Å². The van der Waals surface area contributed by atoms with Crippen molar-refractivity contribution in [2.75, 3.05) is 6.61 Å². The SMILES string of the molecule is CC1CCC(OCC(C)(C)C)C(CC2CC(C)CC3(C(C)(C)C)OC23)C1. The standard InChI is InChI=1S/C24H44O2/c1-16-9-10-20(25-15-22(3,4)5)18(11-16)13-19-12-17(2)14-24(21(19)26-24)23(6,7)8/h16-21H,9-15H2,1-8H3. The van der Waals surface area contributed by atoms with E-state index in [9.17, 15) is 0 Å². The average molecular weight is 365 g/mol. The quantitative estimate of drug-likeness (QED) is 0.533. The summed E-state index contributed by atoms with van der Waals surface area (Å²) in [5.41, 5.74) is 0.665. The van der Waals surface area contributed by atoms with E-state index in [-0.39, 0.29) is 16.4 Å². The van der Waals surface area contributed by atoms with E-state index in [1.54, 1.807) is 0 Å². The van der Waals surface area contributed by atoms with E-state index in [4.69, 9.17) is 9.47 Å². The average Bonchev–Trinajstić information content (AvgIpc) is 3.21. The van der Waals surface area contributed by atoms with Crippen LogP contribution in [0.4, 0.5) is 0 Å². The van der Waals surface area contributed by atoms with Crippen LogP contribution in [0.3, 0.4) is 0 Å². The third-order valence-corrected chi connectivity index (χ3v) is 7.30. The molecule has 3 aliphatic rings. The molecule has 0 radical (unpaired) electrons. The Balaban J connectivity index is 1.67. The minimum Gasteiger partial charge on any atom is -0.377 e. The summed E-state index contributed by atoms with van der Waals surface area (Å²) in [4.78, 5) is 0. The van der Waals surface area contributed by atoms with Crippen LogP contribution in [0.1, 0.15) is 93.9 Å². The second kappa shape index (κ2) is 7.07. The molecule has 1 heterocycles. The van der Waals surface area contributed by atoms with Gasteiger partial charge in [-0.05, 0) is 73.0 Å². The smallest absolute Gasteiger partial charge is 0.100 e. The van der Waals surface area contributed by atoms with Gasteiger partial charge in [0, 0.05) is 0 Å². The molecular formula is C24H44O2. The highest BCUT2D eigenvalue weighted by molar-refractivity contribution is 5.15. The van der Waals surface area contributed by atoms with Gasteiger partial charge in [0.1, 0.15) is 5.60 Å². The molecule has 0 aromatic rings. The molecule has 7 unspecified atom stereocenters. The molecule has 3 rings (SSSR count). The maximum Gasteiger partial charge on any atom is 0.100 e. The van der Waals surface area contributed by atoms with E-state index < -0.39 is 0 Å². The van der Waals surface area contributed by atoms with Crippen LogP contribution in [-0.2, 0) is 9.47 Å². The molecule has 2 heteroatoms. The molecule has 0 aromatic heterocycles. The highest BCUT2D eigenvalue weighted by Crippen LogP contribution is 2.62. The maximum atomic E-state index is 6.49. The Labute approximate surface area is 162 Å². The van der Waals surface area contributed by atoms with Gasteiger partial charge >= 0.3 is 0 Å². The summed E-state index contributed by atoms with van der Waals surface area (Å²) in [6.45, 7) is 19.7. The van der Waals surface area contributed by atoms with Gasteiger partial charge in [0.2, 0.25) is 0 Å². The van der Waals surface area contributed by atoms with E-state index in [2.05, 4.69) is 55.4 Å². The highest BCUT2D eigenvalue weighted by Gasteiger charge is 2.67. The summed E-state index contributed by atoms with van der Waals surface area (Å²) in [5.74, 6) is 3.09. The molecule has 7 atom stereocenters. The molecule has 0 N–H and O–H groups in total. The minimum atomic E-state index is 0.150. The lowest BCUT2D eigenvalue weighted by atomic mass is 9.63. The number of fused-ring (bicyclic) bond motifs is 1. The third-order valence-electron chi connectivity index (χ3n) is 7.30. The Kier molecular flexibility index (Phi) is 5.61. The first-order chi connectivity index (χ1) is 11.9. The highest BCUT2D eigenvalue weighted by atomic mass is 16.6. The minimum absolute atomic E-state index is 0.150. The van der Waals surface area contributed by atoms with E-state index in [1.165, 1.54) is 38.5 Å². The second-order valence-electron chi connectivity index (χ2n) is 12.3. The summed E-state index contributed by atoms with van der Waals surface area (Å²) in [5, 5.41) is 0. The summed E-state index contributed by atoms with van der Waals surface area (Å²) < 4.78 is 13.0. The number of hydrogen-bond donors (Lipinski definition) is 0. The van der Waals surface area contributed by atoms with Crippen molar-refractivity contribution in [2.45, 2.75) is 112 Å². The summed E-state index contributed by atoms with van der Waals surface area (Å²) in [6, 6.07) is 0. The summed E-state index contributed by atoms with van der Waals surface area (Å²) >= 11 is 0. The molecule has 0 amide bonds. The maximum absolute atomic E-state index is 6.49. The van der Waals surface area contributed by atoms with Crippen LogP contribution in [0.2, 0.25) is 0 Å². The van der Waals surface area contributed by atoms with Crippen molar-refractivity contribution in [1.29, 1.82) is 0 Å². The van der Waals surface area contributed by atoms with Crippen molar-refractivity contribution < 1.29 is 9.47 Å². The van der Waals surface area contributed by atoms with Crippen LogP contribution in [0.15, 0.2) is 0 Å². The Bertz CT molecular complexity index is 485. The lowest BCUT2D eigenvalue weighted by Gasteiger charge is -2.41. The predicted molar refractivity (Wildman–Crippen MR) is 109 cm³/mol. The zero-order chi connectivity index (χ0) is 19.3. The number of hydrogen-bond acceptors (Lipinski definition) is 2. The van der Waals surface area contributed by atoms with Crippen molar-refractivity contribution in [3.63, 3.8) is 0 Å². The third kappa shape index (κ3) is 4.32. The monoisotopic (exact) mass is 364 g/mol. The van der Waals surface area contributed by atoms with Crippen molar-refractivity contribution in [3.05, 3.63) is 0 Å². The van der Waals surface area contributed by atoms with Gasteiger partial charge in [-0.3, -0.25) is 0 Å². The molecule has 2 aliphatic carbocycles. The first-order valence-corrected chi connectivity index (χ1v) is 11.2. The Hall–Kier alpha value is -0.0800. The largest absolute Gasteiger partial charge is 0.377 e. The predicted octanol–water partition coefficient (Wildman–Crippen LogP) is 6.47. The van der Waals surface area contributed by atoms with E-state index in [0.717, 1.165) is 30.3 Å². The topological polar surface area (TPSA) is 21.8 Å². The van der Waals surface area contributed by atoms with Crippen LogP contribution in [-0.4, -0.2) is 24.4 Å². The Morgan fingerprint density at radius 3 is 2.19 bits per heavy atom. The second-order valence-corrected chi connectivity index (χ2v) is 12.3. The molecule has 0 spiro atoms. The van der Waals surface area contributed by atoms with Crippen molar-refractivity contribution in [3.8, 4) is 0 Å². The van der Waals surface area contributed by atoms with Gasteiger partial charge < -0.3 is 9.47 Å². The van der Waals surface area contributed by atoms with Crippen LogP contribution in [0.5, 0.6) is 0 Å². The fourth-order valence-electron chi connectivity index (χ4n) is 5.89. The van der Waals surface area contributed by atoms with Crippen LogP contribution < -0.4 is 0 Å². The first-order valence-electron chi connectivity index (χ1n) is 11.2. The number of epoxide rings is 1. The lowest BCUT2D eigenvalue weighted by Crippen LogP contribution is -2.42. The molecular weight excluding hydrogens is 320 g/mol. The van der Waals surface area contributed by atoms with E-state index >= 15 is 0 Å². The number of rotatable bonds is 4. The van der Waals surface area contributed by atoms with Gasteiger partial charge in [0.15, 0.2) is 0 Å². The first kappa shape index (κ1) is 20.6. The molecule has 26 heavy (non-hydrogen) atoms. The van der Waals surface area contributed by atoms with Crippen LogP contribution in [0.25, 0.3) is 0 Å². The molecule has 1 saturated heterocycles. The van der Waals surface area contributed by atoms with Crippen LogP contribution in [0, 0.1) is 34.5 Å². The van der Waals surface area contributed by atoms with Gasteiger partial charge in [0.25, 0.3) is 0 Å². The van der Waals surface area contributed by atoms with E-state index in [0.29, 0.717) is 12.2 Å². The zero-order valence-electron chi connectivity index (χ0n) is 18.7. The van der Waals surface area contributed by atoms with Crippen molar-refractivity contribution in [2.24, 2.45) is 34.5 Å². The molecule has 0 aromatic carbocycles. The molecule has 152 valence electrons. The fourth-order valence-corrected chi connectivity index (χ4v) is 5.89. The van der Waals surface area contributed by atoms with Crippen molar-refractivity contribution in [1.82, 2.24) is 0 Å². The molecule has 2 nitrogen and oxygen atoms in total. The summed E-state index contributed by atoms with van der Waals surface area (Å²) in [7, 11) is 0. The van der Waals surface area contributed by atoms with Gasteiger partial charge in [-0.25, -0.2) is 0 Å². The van der Waals surface area contributed by atoms with Gasteiger partial charge in [-0.2, -0.15) is 0 Å². The van der Waals surface area contributed by atoms with Crippen molar-refractivity contribution >= 4 is 0 Å². The number of ether oxygens (including phenoxy) is 2. The lowest BCUT2D eigenvalue weighted by molar-refractivity contribution is -0.0565. The Morgan fingerprint density at radius 2 is 1.58 bits per heavy atom. The summed E-state index contributed by atoms with van der Waals surface area (Å²) in [6.07, 6.45) is 8.80. The molecule has 0 bridgehead atoms. The molecule has 3 fully saturated rings. The van der Waals surface area contributed by atoms with Gasteiger partial charge in [0.05, 0.1) is 18.8 Å². The normalized spacial score (nSPS) is 43.8. The van der Waals surface area contributed by atoms with Gasteiger partial charge in [-0.1, -0.05) is 55.4 Å². The van der Waals surface area contributed by atoms with Crippen LogP contribution >= 0.6 is 0 Å².